The molecule has 21 heavy (non-hydrogen) atoms. The van der Waals surface area contributed by atoms with Crippen LogP contribution in [0.5, 0.6) is 5.75 Å². The molecule has 1 saturated heterocycles. The van der Waals surface area contributed by atoms with Crippen molar-refractivity contribution in [3.05, 3.63) is 24.5 Å². The first-order valence-electron chi connectivity index (χ1n) is 7.46. The van der Waals surface area contributed by atoms with Gasteiger partial charge in [0.15, 0.2) is 0 Å². The summed E-state index contributed by atoms with van der Waals surface area (Å²) >= 11 is 0. The second-order valence-corrected chi connectivity index (χ2v) is 5.69. The molecular formula is C16H21N3O2. The zero-order chi connectivity index (χ0) is 14.8. The van der Waals surface area contributed by atoms with Gasteiger partial charge in [0.05, 0.1) is 24.5 Å². The number of nitrogens with one attached hydrogen (secondary N) is 1. The fourth-order valence-electron chi connectivity index (χ4n) is 3.14. The number of benzene rings is 1. The van der Waals surface area contributed by atoms with Crippen LogP contribution in [0.25, 0.3) is 11.0 Å². The number of methoxy groups -OCH3 is 1. The number of carbonyl (C=O) groups is 1. The molecule has 2 unspecified atom stereocenters. The lowest BCUT2D eigenvalue weighted by Gasteiger charge is -2.21. The molecule has 1 amide bonds. The van der Waals surface area contributed by atoms with Crippen LogP contribution in [0.3, 0.4) is 0 Å². The first-order valence-corrected chi connectivity index (χ1v) is 7.46. The quantitative estimate of drug-likeness (QED) is 0.917. The van der Waals surface area contributed by atoms with Gasteiger partial charge in [-0.1, -0.05) is 13.3 Å². The van der Waals surface area contributed by atoms with Gasteiger partial charge in [-0.15, -0.1) is 0 Å². The van der Waals surface area contributed by atoms with E-state index < -0.39 is 0 Å². The summed E-state index contributed by atoms with van der Waals surface area (Å²) in [4.78, 5) is 15.9. The van der Waals surface area contributed by atoms with Crippen LogP contribution in [0.1, 0.15) is 19.8 Å². The van der Waals surface area contributed by atoms with Gasteiger partial charge >= 0.3 is 0 Å². The molecule has 0 saturated carbocycles. The molecule has 1 N–H and O–H groups in total. The molecular weight excluding hydrogens is 266 g/mol. The molecule has 1 fully saturated rings. The van der Waals surface area contributed by atoms with Crippen molar-refractivity contribution in [1.29, 1.82) is 0 Å². The Morgan fingerprint density at radius 3 is 3.05 bits per heavy atom. The predicted octanol–water partition coefficient (Wildman–Crippen LogP) is 2.21. The summed E-state index contributed by atoms with van der Waals surface area (Å²) < 4.78 is 7.42. The average Bonchev–Trinajstić information content (AvgIpc) is 3.10. The van der Waals surface area contributed by atoms with E-state index in [1.165, 1.54) is 0 Å². The summed E-state index contributed by atoms with van der Waals surface area (Å²) in [6, 6.07) is 5.96. The maximum Gasteiger partial charge on any atom is 0.220 e. The molecule has 0 radical (unpaired) electrons. The number of fused-ring (bicyclic) bond motifs is 1. The van der Waals surface area contributed by atoms with Gasteiger partial charge in [-0.25, -0.2) is 4.98 Å². The number of carbonyl (C=O) groups excluding carboxylic acids is 1. The predicted molar refractivity (Wildman–Crippen MR) is 81.2 cm³/mol. The maximum atomic E-state index is 11.4. The molecule has 0 aliphatic carbocycles. The number of hydrogen-bond acceptors (Lipinski definition) is 3. The fraction of sp³-hybridized carbons (Fsp3) is 0.500. The van der Waals surface area contributed by atoms with E-state index in [0.717, 1.165) is 36.3 Å². The van der Waals surface area contributed by atoms with E-state index in [1.54, 1.807) is 7.11 Å². The SMILES string of the molecule is CCC(Cn1cnc2cc(OC)ccc21)C1CNC(=O)C1. The number of aromatic nitrogens is 2. The molecule has 2 heterocycles. The molecule has 5 nitrogen and oxygen atoms in total. The van der Waals surface area contributed by atoms with E-state index in [2.05, 4.69) is 21.8 Å². The summed E-state index contributed by atoms with van der Waals surface area (Å²) in [5, 5.41) is 2.94. The van der Waals surface area contributed by atoms with Crippen molar-refractivity contribution in [3.8, 4) is 5.75 Å². The molecule has 0 spiro atoms. The van der Waals surface area contributed by atoms with Crippen LogP contribution in [0, 0.1) is 11.8 Å². The summed E-state index contributed by atoms with van der Waals surface area (Å²) in [6.45, 7) is 3.90. The van der Waals surface area contributed by atoms with Crippen LogP contribution in [-0.2, 0) is 11.3 Å². The van der Waals surface area contributed by atoms with Crippen LogP contribution >= 0.6 is 0 Å². The van der Waals surface area contributed by atoms with Gasteiger partial charge < -0.3 is 14.6 Å². The van der Waals surface area contributed by atoms with Gasteiger partial charge in [0.2, 0.25) is 5.91 Å². The molecule has 2 aromatic rings. The topological polar surface area (TPSA) is 56.1 Å². The van der Waals surface area contributed by atoms with E-state index in [9.17, 15) is 4.79 Å². The zero-order valence-corrected chi connectivity index (χ0v) is 12.5. The van der Waals surface area contributed by atoms with Crippen molar-refractivity contribution in [3.63, 3.8) is 0 Å². The summed E-state index contributed by atoms with van der Waals surface area (Å²) in [7, 11) is 1.66. The Hall–Kier alpha value is -2.04. The smallest absolute Gasteiger partial charge is 0.220 e. The Bertz CT molecular complexity index is 650. The van der Waals surface area contributed by atoms with Crippen molar-refractivity contribution in [2.75, 3.05) is 13.7 Å². The Labute approximate surface area is 124 Å². The second-order valence-electron chi connectivity index (χ2n) is 5.69. The highest BCUT2D eigenvalue weighted by Gasteiger charge is 2.28. The third-order valence-electron chi connectivity index (χ3n) is 4.46. The lowest BCUT2D eigenvalue weighted by Crippen LogP contribution is -2.22. The minimum Gasteiger partial charge on any atom is -0.497 e. The average molecular weight is 287 g/mol. The number of amides is 1. The number of ether oxygens (including phenoxy) is 1. The van der Waals surface area contributed by atoms with Crippen molar-refractivity contribution < 1.29 is 9.53 Å². The van der Waals surface area contributed by atoms with Crippen LogP contribution in [0.2, 0.25) is 0 Å². The van der Waals surface area contributed by atoms with Crippen molar-refractivity contribution in [2.45, 2.75) is 26.3 Å². The summed E-state index contributed by atoms with van der Waals surface area (Å²) in [5.74, 6) is 1.92. The maximum absolute atomic E-state index is 11.4. The number of nitrogens with zero attached hydrogens (tertiary/aromatic N) is 2. The number of hydrogen-bond donors (Lipinski definition) is 1. The van der Waals surface area contributed by atoms with E-state index in [-0.39, 0.29) is 5.91 Å². The lowest BCUT2D eigenvalue weighted by molar-refractivity contribution is -0.119. The third kappa shape index (κ3) is 2.73. The van der Waals surface area contributed by atoms with E-state index in [1.807, 2.05) is 24.5 Å². The molecule has 112 valence electrons. The highest BCUT2D eigenvalue weighted by atomic mass is 16.5. The Kier molecular flexibility index (Phi) is 3.82. The molecule has 1 aliphatic rings. The van der Waals surface area contributed by atoms with E-state index in [0.29, 0.717) is 18.3 Å². The van der Waals surface area contributed by atoms with Gasteiger partial charge in [0, 0.05) is 25.6 Å². The molecule has 2 atom stereocenters. The normalized spacial score (nSPS) is 19.7. The van der Waals surface area contributed by atoms with Crippen LogP contribution in [0.15, 0.2) is 24.5 Å². The zero-order valence-electron chi connectivity index (χ0n) is 12.5. The Balaban J connectivity index is 1.81. The third-order valence-corrected chi connectivity index (χ3v) is 4.46. The first kappa shape index (κ1) is 13.9. The van der Waals surface area contributed by atoms with Gasteiger partial charge in [-0.05, 0) is 24.0 Å². The minimum absolute atomic E-state index is 0.179. The van der Waals surface area contributed by atoms with Gasteiger partial charge in [-0.3, -0.25) is 4.79 Å². The summed E-state index contributed by atoms with van der Waals surface area (Å²) in [5.41, 5.74) is 2.07. The minimum atomic E-state index is 0.179. The monoisotopic (exact) mass is 287 g/mol. The van der Waals surface area contributed by atoms with Crippen molar-refractivity contribution >= 4 is 16.9 Å². The molecule has 3 rings (SSSR count). The molecule has 1 aromatic carbocycles. The van der Waals surface area contributed by atoms with Crippen molar-refractivity contribution in [1.82, 2.24) is 14.9 Å². The molecule has 5 heteroatoms. The fourth-order valence-corrected chi connectivity index (χ4v) is 3.14. The standard InChI is InChI=1S/C16H21N3O2/c1-3-11(12-6-16(20)17-8-12)9-19-10-18-14-7-13(21-2)4-5-15(14)19/h4-5,7,10-12H,3,6,8-9H2,1-2H3,(H,17,20). The molecule has 1 aromatic heterocycles. The highest BCUT2D eigenvalue weighted by Crippen LogP contribution is 2.27. The van der Waals surface area contributed by atoms with E-state index >= 15 is 0 Å². The summed E-state index contributed by atoms with van der Waals surface area (Å²) in [6.07, 6.45) is 3.60. The molecule has 0 bridgehead atoms. The number of rotatable bonds is 5. The van der Waals surface area contributed by atoms with Crippen LogP contribution < -0.4 is 10.1 Å². The first-order chi connectivity index (χ1) is 10.2. The second kappa shape index (κ2) is 5.76. The van der Waals surface area contributed by atoms with Gasteiger partial charge in [0.1, 0.15) is 5.75 Å². The van der Waals surface area contributed by atoms with Crippen LogP contribution in [0.4, 0.5) is 0 Å². The van der Waals surface area contributed by atoms with Crippen LogP contribution in [-0.4, -0.2) is 29.1 Å². The van der Waals surface area contributed by atoms with E-state index in [4.69, 9.17) is 4.74 Å². The Morgan fingerprint density at radius 2 is 2.38 bits per heavy atom. The highest BCUT2D eigenvalue weighted by molar-refractivity contribution is 5.78. The Morgan fingerprint density at radius 1 is 1.52 bits per heavy atom. The lowest BCUT2D eigenvalue weighted by atomic mass is 9.89. The van der Waals surface area contributed by atoms with Gasteiger partial charge in [0.25, 0.3) is 0 Å². The largest absolute Gasteiger partial charge is 0.497 e. The van der Waals surface area contributed by atoms with Gasteiger partial charge in [-0.2, -0.15) is 0 Å². The number of imidazole rings is 1. The van der Waals surface area contributed by atoms with Crippen molar-refractivity contribution in [2.24, 2.45) is 11.8 Å². The molecule has 1 aliphatic heterocycles.